The van der Waals surface area contributed by atoms with Crippen molar-refractivity contribution < 1.29 is 0 Å². The minimum absolute atomic E-state index is 0.0640. The van der Waals surface area contributed by atoms with E-state index in [0.717, 1.165) is 42.9 Å². The number of hydrogen-bond acceptors (Lipinski definition) is 3. The van der Waals surface area contributed by atoms with Gasteiger partial charge in [0.1, 0.15) is 5.82 Å². The van der Waals surface area contributed by atoms with E-state index in [9.17, 15) is 0 Å². The molecule has 18 heavy (non-hydrogen) atoms. The third-order valence-electron chi connectivity index (χ3n) is 4.32. The molecule has 0 amide bonds. The zero-order valence-electron chi connectivity index (χ0n) is 12.5. The second-order valence-electron chi connectivity index (χ2n) is 5.32. The Labute approximate surface area is 111 Å². The number of rotatable bonds is 6. The van der Waals surface area contributed by atoms with Crippen LogP contribution in [0.25, 0.3) is 0 Å². The van der Waals surface area contributed by atoms with Crippen LogP contribution in [0.3, 0.4) is 0 Å². The van der Waals surface area contributed by atoms with E-state index in [1.807, 2.05) is 0 Å². The van der Waals surface area contributed by atoms with Crippen LogP contribution in [-0.4, -0.2) is 9.97 Å². The number of nitrogens with two attached hydrogens (primary N) is 1. The van der Waals surface area contributed by atoms with Crippen molar-refractivity contribution in [1.29, 1.82) is 0 Å². The van der Waals surface area contributed by atoms with Gasteiger partial charge in [-0.25, -0.2) is 9.97 Å². The second-order valence-corrected chi connectivity index (χ2v) is 5.32. The summed E-state index contributed by atoms with van der Waals surface area (Å²) in [5.74, 6) is 1.40. The van der Waals surface area contributed by atoms with Crippen LogP contribution < -0.4 is 5.73 Å². The molecule has 0 fully saturated rings. The molecule has 0 aliphatic heterocycles. The van der Waals surface area contributed by atoms with Gasteiger partial charge < -0.3 is 5.73 Å². The van der Waals surface area contributed by atoms with Gasteiger partial charge in [-0.2, -0.15) is 0 Å². The average Bonchev–Trinajstić information content (AvgIpc) is 2.41. The van der Waals surface area contributed by atoms with Crippen LogP contribution in [0.2, 0.25) is 0 Å². The number of anilines is 1. The molecule has 2 N–H and O–H groups in total. The van der Waals surface area contributed by atoms with Crippen LogP contribution in [0.4, 0.5) is 5.69 Å². The quantitative estimate of drug-likeness (QED) is 0.827. The molecule has 0 aliphatic carbocycles. The predicted octanol–water partition coefficient (Wildman–Crippen LogP) is 4.04. The minimum Gasteiger partial charge on any atom is -0.396 e. The Kier molecular flexibility index (Phi) is 5.12. The summed E-state index contributed by atoms with van der Waals surface area (Å²) >= 11 is 0. The van der Waals surface area contributed by atoms with Crippen LogP contribution in [0.5, 0.6) is 0 Å². The number of nitrogens with zero attached hydrogens (tertiary/aromatic N) is 2. The lowest BCUT2D eigenvalue weighted by molar-refractivity contribution is 0.408. The summed E-state index contributed by atoms with van der Waals surface area (Å²) in [6.45, 7) is 11.0. The maximum atomic E-state index is 6.04. The smallest absolute Gasteiger partial charge is 0.134 e. The van der Waals surface area contributed by atoms with Crippen molar-refractivity contribution in [3.8, 4) is 0 Å². The van der Waals surface area contributed by atoms with Crippen LogP contribution in [-0.2, 0) is 5.41 Å². The summed E-state index contributed by atoms with van der Waals surface area (Å²) < 4.78 is 0. The predicted molar refractivity (Wildman–Crippen MR) is 77.7 cm³/mol. The third-order valence-corrected chi connectivity index (χ3v) is 4.32. The van der Waals surface area contributed by atoms with E-state index in [2.05, 4.69) is 39.6 Å². The molecule has 1 aromatic heterocycles. The third kappa shape index (κ3) is 2.82. The first-order valence-corrected chi connectivity index (χ1v) is 7.15. The SMILES string of the molecule is CCC(CC)c1nc(C(C)(CC)CC)ncc1N. The lowest BCUT2D eigenvalue weighted by Gasteiger charge is -2.26. The van der Waals surface area contributed by atoms with E-state index in [1.165, 1.54) is 0 Å². The highest BCUT2D eigenvalue weighted by Gasteiger charge is 2.27. The fourth-order valence-electron chi connectivity index (χ4n) is 2.26. The van der Waals surface area contributed by atoms with Gasteiger partial charge in [-0.3, -0.25) is 0 Å². The minimum atomic E-state index is 0.0640. The summed E-state index contributed by atoms with van der Waals surface area (Å²) in [4.78, 5) is 9.26. The fourth-order valence-corrected chi connectivity index (χ4v) is 2.26. The summed E-state index contributed by atoms with van der Waals surface area (Å²) in [6, 6.07) is 0. The van der Waals surface area contributed by atoms with Gasteiger partial charge in [0.25, 0.3) is 0 Å². The van der Waals surface area contributed by atoms with Crippen molar-refractivity contribution in [3.63, 3.8) is 0 Å². The van der Waals surface area contributed by atoms with Gasteiger partial charge in [0.05, 0.1) is 17.6 Å². The molecule has 0 aromatic carbocycles. The Morgan fingerprint density at radius 1 is 1.17 bits per heavy atom. The number of hydrogen-bond donors (Lipinski definition) is 1. The largest absolute Gasteiger partial charge is 0.396 e. The van der Waals surface area contributed by atoms with E-state index in [4.69, 9.17) is 10.7 Å². The molecule has 0 spiro atoms. The molecular weight excluding hydrogens is 222 g/mol. The monoisotopic (exact) mass is 249 g/mol. The van der Waals surface area contributed by atoms with Crippen LogP contribution in [0.1, 0.15) is 77.7 Å². The molecule has 0 aliphatic rings. The normalized spacial score (nSPS) is 12.1. The van der Waals surface area contributed by atoms with Gasteiger partial charge in [0.15, 0.2) is 0 Å². The van der Waals surface area contributed by atoms with Crippen molar-refractivity contribution in [2.45, 2.75) is 71.6 Å². The Morgan fingerprint density at radius 2 is 1.72 bits per heavy atom. The lowest BCUT2D eigenvalue weighted by atomic mass is 9.83. The highest BCUT2D eigenvalue weighted by Crippen LogP contribution is 2.32. The maximum absolute atomic E-state index is 6.04. The van der Waals surface area contributed by atoms with Crippen molar-refractivity contribution in [1.82, 2.24) is 9.97 Å². The van der Waals surface area contributed by atoms with Gasteiger partial charge in [-0.15, -0.1) is 0 Å². The lowest BCUT2D eigenvalue weighted by Crippen LogP contribution is -2.24. The summed E-state index contributed by atoms with van der Waals surface area (Å²) in [5, 5.41) is 0. The van der Waals surface area contributed by atoms with E-state index in [-0.39, 0.29) is 5.41 Å². The van der Waals surface area contributed by atoms with E-state index in [0.29, 0.717) is 5.92 Å². The zero-order chi connectivity index (χ0) is 13.8. The van der Waals surface area contributed by atoms with E-state index < -0.39 is 0 Å². The molecule has 0 saturated heterocycles. The van der Waals surface area contributed by atoms with Gasteiger partial charge in [-0.05, 0) is 25.7 Å². The first-order chi connectivity index (χ1) is 8.52. The van der Waals surface area contributed by atoms with Crippen molar-refractivity contribution >= 4 is 5.69 Å². The van der Waals surface area contributed by atoms with Gasteiger partial charge in [-0.1, -0.05) is 34.6 Å². The molecule has 1 heterocycles. The molecule has 0 atom stereocenters. The van der Waals surface area contributed by atoms with Crippen molar-refractivity contribution in [2.24, 2.45) is 0 Å². The summed E-state index contributed by atoms with van der Waals surface area (Å²) in [6.07, 6.45) is 6.04. The molecule has 1 aromatic rings. The van der Waals surface area contributed by atoms with Gasteiger partial charge >= 0.3 is 0 Å². The van der Waals surface area contributed by atoms with Crippen molar-refractivity contribution in [2.75, 3.05) is 5.73 Å². The summed E-state index contributed by atoms with van der Waals surface area (Å²) in [5.41, 5.74) is 7.88. The molecule has 0 unspecified atom stereocenters. The standard InChI is InChI=1S/C15H27N3/c1-6-11(7-2)13-12(16)10-17-14(18-13)15(5,8-3)9-4/h10-11H,6-9,16H2,1-5H3. The van der Waals surface area contributed by atoms with Crippen LogP contribution in [0.15, 0.2) is 6.20 Å². The highest BCUT2D eigenvalue weighted by atomic mass is 14.9. The second kappa shape index (κ2) is 6.17. The Balaban J connectivity index is 3.22. The molecule has 102 valence electrons. The zero-order valence-corrected chi connectivity index (χ0v) is 12.5. The average molecular weight is 249 g/mol. The first-order valence-electron chi connectivity index (χ1n) is 7.15. The molecule has 1 rings (SSSR count). The van der Waals surface area contributed by atoms with Gasteiger partial charge in [0, 0.05) is 11.3 Å². The van der Waals surface area contributed by atoms with Crippen molar-refractivity contribution in [3.05, 3.63) is 17.7 Å². The maximum Gasteiger partial charge on any atom is 0.134 e. The molecule has 3 nitrogen and oxygen atoms in total. The molecular formula is C15H27N3. The molecule has 3 heteroatoms. The Morgan fingerprint density at radius 3 is 2.17 bits per heavy atom. The summed E-state index contributed by atoms with van der Waals surface area (Å²) in [7, 11) is 0. The van der Waals surface area contributed by atoms with E-state index >= 15 is 0 Å². The molecule has 0 bridgehead atoms. The van der Waals surface area contributed by atoms with Crippen LogP contribution >= 0.6 is 0 Å². The highest BCUT2D eigenvalue weighted by molar-refractivity contribution is 5.42. The van der Waals surface area contributed by atoms with E-state index in [1.54, 1.807) is 6.20 Å². The Bertz CT molecular complexity index is 379. The number of aromatic nitrogens is 2. The van der Waals surface area contributed by atoms with Gasteiger partial charge in [0.2, 0.25) is 0 Å². The number of nitrogen functional groups attached to an aromatic ring is 1. The topological polar surface area (TPSA) is 51.8 Å². The van der Waals surface area contributed by atoms with Crippen LogP contribution in [0, 0.1) is 0 Å². The Hall–Kier alpha value is -1.12. The fraction of sp³-hybridized carbons (Fsp3) is 0.733. The first kappa shape index (κ1) is 14.9. The molecule has 0 radical (unpaired) electrons. The molecule has 0 saturated carbocycles.